The van der Waals surface area contributed by atoms with E-state index in [0.29, 0.717) is 33.2 Å². The number of urea groups is 1. The first-order valence-corrected chi connectivity index (χ1v) is 12.1. The lowest BCUT2D eigenvalue weighted by molar-refractivity contribution is -0.119. The van der Waals surface area contributed by atoms with Crippen LogP contribution < -0.4 is 16.2 Å². The van der Waals surface area contributed by atoms with E-state index in [1.165, 1.54) is 4.57 Å². The Hall–Kier alpha value is -4.44. The SMILES string of the molecule is Cc1ccccc1-n1c(=O)c2ccccc2n2c(SC(C)C(=O)NC(=O)Nc3ccccc3)nnc12. The van der Waals surface area contributed by atoms with Crippen LogP contribution in [0.25, 0.3) is 22.4 Å². The topological polar surface area (TPSA) is 110 Å². The zero-order chi connectivity index (χ0) is 25.2. The lowest BCUT2D eigenvalue weighted by Gasteiger charge is -2.14. The Morgan fingerprint density at radius 2 is 1.61 bits per heavy atom. The van der Waals surface area contributed by atoms with Gasteiger partial charge in [-0.2, -0.15) is 0 Å². The maximum absolute atomic E-state index is 13.5. The molecule has 0 saturated heterocycles. The zero-order valence-electron chi connectivity index (χ0n) is 19.5. The van der Waals surface area contributed by atoms with Crippen LogP contribution in [-0.2, 0) is 4.79 Å². The van der Waals surface area contributed by atoms with Gasteiger partial charge in [0.1, 0.15) is 0 Å². The van der Waals surface area contributed by atoms with E-state index in [4.69, 9.17) is 0 Å². The minimum absolute atomic E-state index is 0.209. The van der Waals surface area contributed by atoms with E-state index in [2.05, 4.69) is 20.8 Å². The van der Waals surface area contributed by atoms with Crippen molar-refractivity contribution in [2.45, 2.75) is 24.3 Å². The van der Waals surface area contributed by atoms with Crippen molar-refractivity contribution in [1.29, 1.82) is 0 Å². The predicted octanol–water partition coefficient (Wildman–Crippen LogP) is 4.17. The summed E-state index contributed by atoms with van der Waals surface area (Å²) >= 11 is 1.15. The van der Waals surface area contributed by atoms with Crippen LogP contribution in [0.1, 0.15) is 12.5 Å². The van der Waals surface area contributed by atoms with Gasteiger partial charge in [-0.3, -0.25) is 19.3 Å². The normalized spacial score (nSPS) is 11.9. The van der Waals surface area contributed by atoms with E-state index in [-0.39, 0.29) is 5.56 Å². The van der Waals surface area contributed by atoms with Crippen molar-refractivity contribution in [3.63, 3.8) is 0 Å². The van der Waals surface area contributed by atoms with Crippen molar-refractivity contribution in [3.8, 4) is 5.69 Å². The number of imide groups is 1. The second-order valence-corrected chi connectivity index (χ2v) is 9.44. The molecule has 0 bridgehead atoms. The molecule has 2 heterocycles. The molecule has 0 aliphatic rings. The molecule has 3 amide bonds. The molecule has 5 rings (SSSR count). The summed E-state index contributed by atoms with van der Waals surface area (Å²) in [5.74, 6) is -0.147. The third-order valence-electron chi connectivity index (χ3n) is 5.67. The number of hydrogen-bond acceptors (Lipinski definition) is 6. The summed E-state index contributed by atoms with van der Waals surface area (Å²) < 4.78 is 3.30. The molecule has 2 aromatic heterocycles. The molecular weight excluding hydrogens is 476 g/mol. The number of thioether (sulfide) groups is 1. The van der Waals surface area contributed by atoms with Gasteiger partial charge < -0.3 is 5.32 Å². The van der Waals surface area contributed by atoms with Gasteiger partial charge in [-0.25, -0.2) is 9.36 Å². The Kier molecular flexibility index (Phi) is 6.26. The summed E-state index contributed by atoms with van der Waals surface area (Å²) in [5, 5.41) is 13.9. The number of aromatic nitrogens is 4. The predicted molar refractivity (Wildman–Crippen MR) is 140 cm³/mol. The number of carbonyl (C=O) groups is 2. The Bertz CT molecular complexity index is 1660. The number of fused-ring (bicyclic) bond motifs is 3. The third-order valence-corrected chi connectivity index (χ3v) is 6.71. The largest absolute Gasteiger partial charge is 0.325 e. The molecule has 2 N–H and O–H groups in total. The smallest absolute Gasteiger partial charge is 0.308 e. The number of amides is 3. The average molecular weight is 499 g/mol. The summed E-state index contributed by atoms with van der Waals surface area (Å²) in [6.07, 6.45) is 0. The number of carbonyl (C=O) groups excluding carboxylic acids is 2. The van der Waals surface area contributed by atoms with Gasteiger partial charge in [0.05, 0.1) is 21.8 Å². The van der Waals surface area contributed by atoms with Crippen molar-refractivity contribution < 1.29 is 9.59 Å². The molecule has 5 aromatic rings. The van der Waals surface area contributed by atoms with E-state index < -0.39 is 17.2 Å². The van der Waals surface area contributed by atoms with E-state index in [1.54, 1.807) is 47.7 Å². The minimum atomic E-state index is -0.670. The van der Waals surface area contributed by atoms with Gasteiger partial charge >= 0.3 is 6.03 Å². The molecule has 9 nitrogen and oxygen atoms in total. The third kappa shape index (κ3) is 4.34. The highest BCUT2D eigenvalue weighted by Gasteiger charge is 2.23. The van der Waals surface area contributed by atoms with Gasteiger partial charge in [-0.15, -0.1) is 10.2 Å². The second-order valence-electron chi connectivity index (χ2n) is 8.13. The number of aryl methyl sites for hydroxylation is 1. The van der Waals surface area contributed by atoms with Gasteiger partial charge in [-0.1, -0.05) is 60.3 Å². The Balaban J connectivity index is 1.50. The van der Waals surface area contributed by atoms with Crippen molar-refractivity contribution in [2.75, 3.05) is 5.32 Å². The number of nitrogens with one attached hydrogen (secondary N) is 2. The van der Waals surface area contributed by atoms with Gasteiger partial charge in [0.25, 0.3) is 5.56 Å². The van der Waals surface area contributed by atoms with E-state index in [9.17, 15) is 14.4 Å². The molecule has 0 saturated carbocycles. The summed E-state index contributed by atoms with van der Waals surface area (Å²) in [6, 6.07) is 23.0. The quantitative estimate of drug-likeness (QED) is 0.352. The van der Waals surface area contributed by atoms with E-state index in [0.717, 1.165) is 17.3 Å². The Morgan fingerprint density at radius 3 is 2.39 bits per heavy atom. The first-order valence-electron chi connectivity index (χ1n) is 11.2. The van der Waals surface area contributed by atoms with Crippen LogP contribution in [-0.4, -0.2) is 36.4 Å². The van der Waals surface area contributed by atoms with Crippen LogP contribution >= 0.6 is 11.8 Å². The highest BCUT2D eigenvalue weighted by Crippen LogP contribution is 2.26. The van der Waals surface area contributed by atoms with Crippen LogP contribution in [0.4, 0.5) is 10.5 Å². The molecular formula is C26H22N6O3S. The monoisotopic (exact) mass is 498 g/mol. The fourth-order valence-corrected chi connectivity index (χ4v) is 4.75. The first kappa shape index (κ1) is 23.3. The lowest BCUT2D eigenvalue weighted by Crippen LogP contribution is -2.38. The summed E-state index contributed by atoms with van der Waals surface area (Å²) in [5.41, 5.74) is 2.60. The van der Waals surface area contributed by atoms with Gasteiger partial charge in [0.2, 0.25) is 11.7 Å². The molecule has 0 fully saturated rings. The molecule has 36 heavy (non-hydrogen) atoms. The fraction of sp³-hybridized carbons (Fsp3) is 0.115. The van der Waals surface area contributed by atoms with Crippen molar-refractivity contribution >= 4 is 46.1 Å². The average Bonchev–Trinajstić information content (AvgIpc) is 3.29. The first-order chi connectivity index (χ1) is 17.4. The summed E-state index contributed by atoms with van der Waals surface area (Å²) in [7, 11) is 0. The van der Waals surface area contributed by atoms with Crippen molar-refractivity contribution in [2.24, 2.45) is 0 Å². The molecule has 0 radical (unpaired) electrons. The minimum Gasteiger partial charge on any atom is -0.308 e. The van der Waals surface area contributed by atoms with Crippen LogP contribution in [0.15, 0.2) is 88.8 Å². The standard InChI is InChI=1S/C26H22N6O3S/c1-16-10-6-8-14-20(16)31-23(34)19-13-7-9-15-21(19)32-25(31)29-30-26(32)36-17(2)22(33)28-24(35)27-18-11-4-3-5-12-18/h3-15,17H,1-2H3,(H2,27,28,33,35). The van der Waals surface area contributed by atoms with Crippen molar-refractivity contribution in [3.05, 3.63) is 94.8 Å². The molecule has 3 aromatic carbocycles. The summed E-state index contributed by atoms with van der Waals surface area (Å²) in [4.78, 5) is 38.5. The van der Waals surface area contributed by atoms with Crippen molar-refractivity contribution in [1.82, 2.24) is 24.5 Å². The molecule has 0 spiro atoms. The zero-order valence-corrected chi connectivity index (χ0v) is 20.3. The number of nitrogens with zero attached hydrogens (tertiary/aromatic N) is 4. The van der Waals surface area contributed by atoms with Crippen LogP contribution in [0.3, 0.4) is 0 Å². The van der Waals surface area contributed by atoms with Gasteiger partial charge in [0, 0.05) is 5.69 Å². The van der Waals surface area contributed by atoms with E-state index >= 15 is 0 Å². The highest BCUT2D eigenvalue weighted by atomic mass is 32.2. The second kappa shape index (κ2) is 9.67. The van der Waals surface area contributed by atoms with Crippen LogP contribution in [0.5, 0.6) is 0 Å². The lowest BCUT2D eigenvalue weighted by atomic mass is 10.2. The maximum Gasteiger partial charge on any atom is 0.325 e. The molecule has 180 valence electrons. The molecule has 0 aliphatic carbocycles. The number of benzene rings is 3. The Morgan fingerprint density at radius 1 is 0.917 bits per heavy atom. The molecule has 1 atom stereocenters. The molecule has 0 aliphatic heterocycles. The highest BCUT2D eigenvalue weighted by molar-refractivity contribution is 8.00. The fourth-order valence-electron chi connectivity index (χ4n) is 3.90. The van der Waals surface area contributed by atoms with Crippen LogP contribution in [0, 0.1) is 6.92 Å². The Labute approximate surface area is 210 Å². The van der Waals surface area contributed by atoms with Gasteiger partial charge in [-0.05, 0) is 49.7 Å². The number of para-hydroxylation sites is 3. The number of hydrogen-bond donors (Lipinski definition) is 2. The number of anilines is 1. The maximum atomic E-state index is 13.5. The summed E-state index contributed by atoms with van der Waals surface area (Å²) in [6.45, 7) is 3.60. The van der Waals surface area contributed by atoms with Gasteiger partial charge in [0.15, 0.2) is 5.16 Å². The molecule has 1 unspecified atom stereocenters. The van der Waals surface area contributed by atoms with E-state index in [1.807, 2.05) is 49.4 Å². The van der Waals surface area contributed by atoms with Crippen LogP contribution in [0.2, 0.25) is 0 Å². The number of rotatable bonds is 5. The molecule has 10 heteroatoms.